The number of morpholine rings is 1. The Labute approximate surface area is 187 Å². The second-order valence-electron chi connectivity index (χ2n) is 7.04. The van der Waals surface area contributed by atoms with Crippen LogP contribution < -0.4 is 14.8 Å². The van der Waals surface area contributed by atoms with Crippen molar-refractivity contribution in [2.24, 2.45) is 0 Å². The fourth-order valence-electron chi connectivity index (χ4n) is 3.34. The molecule has 2 heterocycles. The Bertz CT molecular complexity index is 1160. The first kappa shape index (κ1) is 22.0. The fourth-order valence-corrected chi connectivity index (χ4v) is 4.75. The van der Waals surface area contributed by atoms with E-state index in [1.54, 1.807) is 44.6 Å². The molecule has 0 radical (unpaired) electrons. The van der Waals surface area contributed by atoms with E-state index >= 15 is 0 Å². The molecule has 1 saturated heterocycles. The molecule has 1 N–H and O–H groups in total. The molecular weight excluding hydrogens is 432 g/mol. The average Bonchev–Trinajstić information content (AvgIpc) is 2.85. The molecule has 0 bridgehead atoms. The predicted molar refractivity (Wildman–Crippen MR) is 120 cm³/mol. The van der Waals surface area contributed by atoms with Gasteiger partial charge in [-0.1, -0.05) is 0 Å². The normalized spacial score (nSPS) is 14.7. The van der Waals surface area contributed by atoms with Gasteiger partial charge in [-0.05, 0) is 54.6 Å². The fraction of sp³-hybridized carbons (Fsp3) is 0.273. The number of methoxy groups -OCH3 is 2. The maximum absolute atomic E-state index is 12.7. The minimum absolute atomic E-state index is 0.250. The molecule has 1 aromatic heterocycles. The van der Waals surface area contributed by atoms with E-state index in [0.717, 1.165) is 5.56 Å². The lowest BCUT2D eigenvalue weighted by Crippen LogP contribution is -2.40. The van der Waals surface area contributed by atoms with Gasteiger partial charge in [-0.15, -0.1) is 10.2 Å². The van der Waals surface area contributed by atoms with Gasteiger partial charge < -0.3 is 19.5 Å². The molecule has 0 unspecified atom stereocenters. The van der Waals surface area contributed by atoms with Crippen LogP contribution in [0, 0.1) is 0 Å². The summed E-state index contributed by atoms with van der Waals surface area (Å²) in [6.45, 7) is 1.56. The maximum Gasteiger partial charge on any atom is 0.243 e. The largest absolute Gasteiger partial charge is 0.493 e. The highest BCUT2D eigenvalue weighted by Gasteiger charge is 2.26. The van der Waals surface area contributed by atoms with Crippen molar-refractivity contribution in [1.82, 2.24) is 14.5 Å². The molecule has 32 heavy (non-hydrogen) atoms. The summed E-state index contributed by atoms with van der Waals surface area (Å²) in [5.41, 5.74) is 2.24. The van der Waals surface area contributed by atoms with E-state index in [2.05, 4.69) is 15.5 Å². The molecule has 0 saturated carbocycles. The molecular formula is C22H24N4O5S. The summed E-state index contributed by atoms with van der Waals surface area (Å²) in [6, 6.07) is 15.8. The summed E-state index contributed by atoms with van der Waals surface area (Å²) >= 11 is 0. The van der Waals surface area contributed by atoms with E-state index in [1.807, 2.05) is 24.3 Å². The van der Waals surface area contributed by atoms with Gasteiger partial charge in [-0.3, -0.25) is 0 Å². The van der Waals surface area contributed by atoms with Crippen LogP contribution in [0.15, 0.2) is 59.5 Å². The molecule has 0 amide bonds. The summed E-state index contributed by atoms with van der Waals surface area (Å²) in [7, 11) is -0.354. The first-order chi connectivity index (χ1) is 15.5. The highest BCUT2D eigenvalue weighted by Crippen LogP contribution is 2.31. The molecule has 1 aliphatic heterocycles. The smallest absolute Gasteiger partial charge is 0.243 e. The van der Waals surface area contributed by atoms with Crippen molar-refractivity contribution in [2.75, 3.05) is 45.8 Å². The quantitative estimate of drug-likeness (QED) is 0.579. The van der Waals surface area contributed by atoms with Gasteiger partial charge in [-0.2, -0.15) is 4.31 Å². The Morgan fingerprint density at radius 3 is 2.25 bits per heavy atom. The van der Waals surface area contributed by atoms with Crippen molar-refractivity contribution in [2.45, 2.75) is 4.90 Å². The van der Waals surface area contributed by atoms with Gasteiger partial charge in [0.25, 0.3) is 0 Å². The van der Waals surface area contributed by atoms with Crippen LogP contribution in [0.2, 0.25) is 0 Å². The predicted octanol–water partition coefficient (Wildman–Crippen LogP) is 2.93. The Balaban J connectivity index is 1.46. The lowest BCUT2D eigenvalue weighted by molar-refractivity contribution is 0.0730. The minimum Gasteiger partial charge on any atom is -0.493 e. The van der Waals surface area contributed by atoms with Crippen LogP contribution in [0.25, 0.3) is 11.3 Å². The molecule has 10 heteroatoms. The van der Waals surface area contributed by atoms with Gasteiger partial charge in [0.1, 0.15) is 0 Å². The van der Waals surface area contributed by atoms with Gasteiger partial charge in [0.15, 0.2) is 17.3 Å². The van der Waals surface area contributed by atoms with Crippen LogP contribution in [-0.2, 0) is 14.8 Å². The van der Waals surface area contributed by atoms with Gasteiger partial charge in [0.2, 0.25) is 10.0 Å². The maximum atomic E-state index is 12.7. The summed E-state index contributed by atoms with van der Waals surface area (Å²) in [6.07, 6.45) is 0. The first-order valence-corrected chi connectivity index (χ1v) is 11.5. The SMILES string of the molecule is COc1ccc(-c2ccc(Nc3ccc(S(=O)(=O)N4CCOCC4)cc3)nn2)cc1OC. The third-order valence-electron chi connectivity index (χ3n) is 5.08. The number of aromatic nitrogens is 2. The monoisotopic (exact) mass is 456 g/mol. The van der Waals surface area contributed by atoms with Crippen molar-refractivity contribution in [3.05, 3.63) is 54.6 Å². The molecule has 2 aromatic carbocycles. The van der Waals surface area contributed by atoms with E-state index in [9.17, 15) is 8.42 Å². The van der Waals surface area contributed by atoms with Crippen molar-refractivity contribution in [3.63, 3.8) is 0 Å². The standard InChI is InChI=1S/C22H24N4O5S/c1-29-20-9-3-16(15-21(20)30-2)19-8-10-22(25-24-19)23-17-4-6-18(7-5-17)32(27,28)26-11-13-31-14-12-26/h3-10,15H,11-14H2,1-2H3,(H,23,25). The highest BCUT2D eigenvalue weighted by atomic mass is 32.2. The summed E-state index contributed by atoms with van der Waals surface area (Å²) < 4.78 is 42.7. The lowest BCUT2D eigenvalue weighted by Gasteiger charge is -2.26. The van der Waals surface area contributed by atoms with Crippen molar-refractivity contribution in [1.29, 1.82) is 0 Å². The first-order valence-electron chi connectivity index (χ1n) is 10.0. The van der Waals surface area contributed by atoms with Crippen molar-refractivity contribution >= 4 is 21.5 Å². The third-order valence-corrected chi connectivity index (χ3v) is 6.99. The molecule has 1 fully saturated rings. The van der Waals surface area contributed by atoms with Gasteiger partial charge in [-0.25, -0.2) is 8.42 Å². The van der Waals surface area contributed by atoms with Crippen LogP contribution in [-0.4, -0.2) is 63.4 Å². The Morgan fingerprint density at radius 2 is 1.62 bits per heavy atom. The molecule has 3 aromatic rings. The number of nitrogens with one attached hydrogen (secondary N) is 1. The number of hydrogen-bond donors (Lipinski definition) is 1. The summed E-state index contributed by atoms with van der Waals surface area (Å²) in [5, 5.41) is 11.6. The zero-order valence-corrected chi connectivity index (χ0v) is 18.6. The van der Waals surface area contributed by atoms with E-state index in [4.69, 9.17) is 14.2 Å². The van der Waals surface area contributed by atoms with Crippen LogP contribution >= 0.6 is 0 Å². The second-order valence-corrected chi connectivity index (χ2v) is 8.98. The summed E-state index contributed by atoms with van der Waals surface area (Å²) in [4.78, 5) is 0.250. The second kappa shape index (κ2) is 9.51. The molecule has 0 spiro atoms. The Kier molecular flexibility index (Phi) is 6.54. The van der Waals surface area contributed by atoms with Crippen LogP contribution in [0.4, 0.5) is 11.5 Å². The van der Waals surface area contributed by atoms with Crippen molar-refractivity contribution in [3.8, 4) is 22.8 Å². The van der Waals surface area contributed by atoms with Gasteiger partial charge >= 0.3 is 0 Å². The molecule has 9 nitrogen and oxygen atoms in total. The number of anilines is 2. The molecule has 0 aliphatic carbocycles. The molecule has 168 valence electrons. The Hall–Kier alpha value is -3.21. The molecule has 4 rings (SSSR count). The minimum atomic E-state index is -3.52. The number of hydrogen-bond acceptors (Lipinski definition) is 8. The van der Waals surface area contributed by atoms with Crippen LogP contribution in [0.1, 0.15) is 0 Å². The van der Waals surface area contributed by atoms with Crippen molar-refractivity contribution < 1.29 is 22.6 Å². The van der Waals surface area contributed by atoms with E-state index in [0.29, 0.717) is 55.0 Å². The molecule has 1 aliphatic rings. The summed E-state index contributed by atoms with van der Waals surface area (Å²) in [5.74, 6) is 1.79. The van der Waals surface area contributed by atoms with E-state index in [-0.39, 0.29) is 4.90 Å². The van der Waals surface area contributed by atoms with Gasteiger partial charge in [0.05, 0.1) is 38.0 Å². The van der Waals surface area contributed by atoms with Gasteiger partial charge in [0, 0.05) is 24.3 Å². The van der Waals surface area contributed by atoms with E-state index in [1.165, 1.54) is 4.31 Å². The van der Waals surface area contributed by atoms with Crippen LogP contribution in [0.5, 0.6) is 11.5 Å². The number of ether oxygens (including phenoxy) is 3. The van der Waals surface area contributed by atoms with E-state index < -0.39 is 10.0 Å². The van der Waals surface area contributed by atoms with Crippen LogP contribution in [0.3, 0.4) is 0 Å². The highest BCUT2D eigenvalue weighted by molar-refractivity contribution is 7.89. The number of sulfonamides is 1. The number of nitrogens with zero attached hydrogens (tertiary/aromatic N) is 3. The number of benzene rings is 2. The lowest BCUT2D eigenvalue weighted by atomic mass is 10.1. The third kappa shape index (κ3) is 4.67. The topological polar surface area (TPSA) is 103 Å². The average molecular weight is 457 g/mol. The zero-order chi connectivity index (χ0) is 22.6. The number of rotatable bonds is 7. The Morgan fingerprint density at radius 1 is 0.906 bits per heavy atom. The zero-order valence-electron chi connectivity index (χ0n) is 17.8. The molecule has 0 atom stereocenters.